The lowest BCUT2D eigenvalue weighted by Crippen LogP contribution is -2.61. The Morgan fingerprint density at radius 1 is 1.37 bits per heavy atom. The Bertz CT molecular complexity index is 836. The van der Waals surface area contributed by atoms with Gasteiger partial charge in [-0.25, -0.2) is 9.59 Å². The van der Waals surface area contributed by atoms with E-state index >= 15 is 0 Å². The molecule has 8 atom stereocenters. The van der Waals surface area contributed by atoms with Crippen molar-refractivity contribution in [1.29, 1.82) is 0 Å². The highest BCUT2D eigenvalue weighted by Crippen LogP contribution is 2.47. The summed E-state index contributed by atoms with van der Waals surface area (Å²) >= 11 is 5.89. The first-order valence-electron chi connectivity index (χ1n) is 9.56. The molecular weight excluding hydrogens is 420 g/mol. The number of fused-ring (bicyclic) bond motifs is 3. The molecule has 0 aromatic carbocycles. The maximum Gasteiger partial charge on any atom is 0.340 e. The van der Waals surface area contributed by atoms with Crippen LogP contribution in [0.25, 0.3) is 0 Å². The van der Waals surface area contributed by atoms with Gasteiger partial charge in [0.2, 0.25) is 5.78 Å². The van der Waals surface area contributed by atoms with E-state index < -0.39 is 71.1 Å². The Kier molecular flexibility index (Phi) is 5.79. The zero-order valence-corrected chi connectivity index (χ0v) is 17.8. The van der Waals surface area contributed by atoms with E-state index in [2.05, 4.69) is 0 Å². The summed E-state index contributed by atoms with van der Waals surface area (Å²) in [6.07, 6.45) is -3.65. The van der Waals surface area contributed by atoms with Gasteiger partial charge in [-0.1, -0.05) is 13.0 Å². The van der Waals surface area contributed by atoms with E-state index in [0.29, 0.717) is 0 Å². The number of halogens is 1. The van der Waals surface area contributed by atoms with Crippen LogP contribution in [0, 0.1) is 11.8 Å². The third-order valence-electron chi connectivity index (χ3n) is 6.32. The molecule has 2 fully saturated rings. The lowest BCUT2D eigenvalue weighted by molar-refractivity contribution is -0.187. The minimum atomic E-state index is -2.37. The number of hydrogen-bond donors (Lipinski definition) is 3. The van der Waals surface area contributed by atoms with Crippen molar-refractivity contribution in [1.82, 2.24) is 0 Å². The standard InChI is InChI=1S/C20H25ClO9/c1-5-8(2)17(25)28-15-12-14(29-18(26)20(12,27)7-21)13(23)9(3)10-6-11(22)19(4,30-10)16(15)24/h5-6,9,12-16,23-24,27H,7H2,1-4H3/b8-5-/t9-,12-,13-,14-,15-,16-,19-,20-/m0/s1. The van der Waals surface area contributed by atoms with Crippen LogP contribution in [0.5, 0.6) is 0 Å². The molecule has 0 spiro atoms. The highest BCUT2D eigenvalue weighted by molar-refractivity contribution is 6.20. The van der Waals surface area contributed by atoms with Crippen LogP contribution in [-0.4, -0.2) is 74.5 Å². The van der Waals surface area contributed by atoms with Gasteiger partial charge < -0.3 is 29.5 Å². The van der Waals surface area contributed by atoms with Crippen molar-refractivity contribution in [3.05, 3.63) is 23.5 Å². The van der Waals surface area contributed by atoms with Crippen molar-refractivity contribution >= 4 is 29.3 Å². The number of aliphatic hydroxyl groups excluding tert-OH is 2. The van der Waals surface area contributed by atoms with Crippen LogP contribution >= 0.6 is 11.6 Å². The predicted molar refractivity (Wildman–Crippen MR) is 102 cm³/mol. The number of hydrogen-bond acceptors (Lipinski definition) is 9. The summed E-state index contributed by atoms with van der Waals surface area (Å²) in [4.78, 5) is 37.7. The number of carbonyl (C=O) groups is 3. The van der Waals surface area contributed by atoms with Crippen LogP contribution in [0.1, 0.15) is 27.7 Å². The second-order valence-corrected chi connectivity index (χ2v) is 8.41. The van der Waals surface area contributed by atoms with Crippen LogP contribution in [-0.2, 0) is 28.6 Å². The van der Waals surface area contributed by atoms with Gasteiger partial charge in [0.25, 0.3) is 0 Å². The number of esters is 2. The van der Waals surface area contributed by atoms with Gasteiger partial charge in [0.15, 0.2) is 11.2 Å². The molecule has 0 saturated carbocycles. The lowest BCUT2D eigenvalue weighted by Gasteiger charge is -2.39. The molecule has 0 aromatic rings. The lowest BCUT2D eigenvalue weighted by atomic mass is 9.74. The van der Waals surface area contributed by atoms with Gasteiger partial charge in [0.05, 0.1) is 11.8 Å². The van der Waals surface area contributed by atoms with Gasteiger partial charge >= 0.3 is 11.9 Å². The fourth-order valence-corrected chi connectivity index (χ4v) is 4.34. The SMILES string of the molecule is C/C=C(/C)C(=O)O[C@H]1[C@@H]2[C@H](OC(=O)[C@]2(O)CCl)[C@@H](O)[C@@H](C)C2=CC(=O)[C@](C)(O2)[C@H]1O. The maximum atomic E-state index is 12.7. The molecule has 3 aliphatic heterocycles. The van der Waals surface area contributed by atoms with Gasteiger partial charge in [0.1, 0.15) is 30.2 Å². The van der Waals surface area contributed by atoms with E-state index in [1.165, 1.54) is 19.9 Å². The van der Waals surface area contributed by atoms with E-state index in [4.69, 9.17) is 25.8 Å². The largest absolute Gasteiger partial charge is 0.480 e. The molecule has 3 heterocycles. The Morgan fingerprint density at radius 3 is 2.57 bits per heavy atom. The van der Waals surface area contributed by atoms with Gasteiger partial charge in [-0.3, -0.25) is 4.79 Å². The highest BCUT2D eigenvalue weighted by atomic mass is 35.5. The smallest absolute Gasteiger partial charge is 0.340 e. The van der Waals surface area contributed by atoms with Crippen molar-refractivity contribution in [2.45, 2.75) is 63.3 Å². The fraction of sp³-hybridized carbons (Fsp3) is 0.650. The summed E-state index contributed by atoms with van der Waals surface area (Å²) in [5.74, 6) is -5.42. The summed E-state index contributed by atoms with van der Waals surface area (Å²) in [7, 11) is 0. The third-order valence-corrected chi connectivity index (χ3v) is 6.73. The normalized spacial score (nSPS) is 43.6. The second-order valence-electron chi connectivity index (χ2n) is 8.14. The molecule has 0 aliphatic carbocycles. The van der Waals surface area contributed by atoms with Gasteiger partial charge in [0, 0.05) is 17.6 Å². The Labute approximate surface area is 178 Å². The van der Waals surface area contributed by atoms with Crippen LogP contribution in [0.15, 0.2) is 23.5 Å². The molecule has 0 radical (unpaired) electrons. The van der Waals surface area contributed by atoms with E-state index in [1.54, 1.807) is 13.8 Å². The number of alkyl halides is 1. The van der Waals surface area contributed by atoms with Crippen LogP contribution in [0.4, 0.5) is 0 Å². The summed E-state index contributed by atoms with van der Waals surface area (Å²) < 4.78 is 16.4. The molecule has 0 unspecified atom stereocenters. The maximum absolute atomic E-state index is 12.7. The van der Waals surface area contributed by atoms with Crippen molar-refractivity contribution in [2.75, 3.05) is 5.88 Å². The van der Waals surface area contributed by atoms with E-state index in [0.717, 1.165) is 6.08 Å². The van der Waals surface area contributed by atoms with Gasteiger partial charge in [-0.15, -0.1) is 11.6 Å². The zero-order chi connectivity index (χ0) is 22.6. The van der Waals surface area contributed by atoms with Gasteiger partial charge in [-0.2, -0.15) is 0 Å². The van der Waals surface area contributed by atoms with Crippen molar-refractivity contribution in [3.8, 4) is 0 Å². The fourth-order valence-electron chi connectivity index (χ4n) is 4.05. The Balaban J connectivity index is 2.19. The van der Waals surface area contributed by atoms with Gasteiger partial charge in [-0.05, 0) is 20.8 Å². The Hall–Kier alpha value is -1.94. The van der Waals surface area contributed by atoms with Crippen LogP contribution < -0.4 is 0 Å². The molecule has 10 heteroatoms. The van der Waals surface area contributed by atoms with E-state index in [9.17, 15) is 29.7 Å². The number of ether oxygens (including phenoxy) is 3. The first-order valence-corrected chi connectivity index (χ1v) is 10.1. The second kappa shape index (κ2) is 7.64. The average Bonchev–Trinajstić information content (AvgIpc) is 3.18. The first kappa shape index (κ1) is 22.7. The first-order chi connectivity index (χ1) is 13.9. The molecule has 166 valence electrons. The number of carbonyl (C=O) groups excluding carboxylic acids is 3. The zero-order valence-electron chi connectivity index (χ0n) is 17.0. The van der Waals surface area contributed by atoms with Crippen molar-refractivity contribution < 1.29 is 43.9 Å². The summed E-state index contributed by atoms with van der Waals surface area (Å²) in [6, 6.07) is 0. The highest BCUT2D eigenvalue weighted by Gasteiger charge is 2.67. The van der Waals surface area contributed by atoms with Crippen molar-refractivity contribution in [2.24, 2.45) is 11.8 Å². The van der Waals surface area contributed by atoms with Crippen LogP contribution in [0.2, 0.25) is 0 Å². The predicted octanol–water partition coefficient (Wildman–Crippen LogP) is -0.0107. The molecule has 0 aromatic heterocycles. The third kappa shape index (κ3) is 3.15. The number of ketones is 1. The molecule has 0 amide bonds. The Morgan fingerprint density at radius 2 is 2.00 bits per heavy atom. The van der Waals surface area contributed by atoms with E-state index in [-0.39, 0.29) is 11.3 Å². The number of aliphatic hydroxyl groups is 3. The molecule has 3 aliphatic rings. The molecule has 2 bridgehead atoms. The number of allylic oxidation sites excluding steroid dienone is 1. The van der Waals surface area contributed by atoms with E-state index in [1.807, 2.05) is 0 Å². The minimum absolute atomic E-state index is 0.0850. The molecule has 30 heavy (non-hydrogen) atoms. The summed E-state index contributed by atoms with van der Waals surface area (Å²) in [5.41, 5.74) is -4.05. The summed E-state index contributed by atoms with van der Waals surface area (Å²) in [5, 5.41) is 33.1. The van der Waals surface area contributed by atoms with Crippen LogP contribution in [0.3, 0.4) is 0 Å². The topological polar surface area (TPSA) is 140 Å². The average molecular weight is 445 g/mol. The summed E-state index contributed by atoms with van der Waals surface area (Å²) in [6.45, 7) is 5.93. The monoisotopic (exact) mass is 444 g/mol. The minimum Gasteiger partial charge on any atom is -0.480 e. The molecule has 3 rings (SSSR count). The molecule has 2 saturated heterocycles. The molecule has 9 nitrogen and oxygen atoms in total. The molecular formula is C20H25ClO9. The van der Waals surface area contributed by atoms with Crippen molar-refractivity contribution in [3.63, 3.8) is 0 Å². The quantitative estimate of drug-likeness (QED) is 0.311. The number of rotatable bonds is 3. The molecule has 3 N–H and O–H groups in total.